The molecule has 0 aliphatic rings. The van der Waals surface area contributed by atoms with Crippen LogP contribution in [-0.2, 0) is 6.18 Å². The summed E-state index contributed by atoms with van der Waals surface area (Å²) in [5.74, 6) is 5.49. The number of carbonyl (C=O) groups is 1. The van der Waals surface area contributed by atoms with E-state index in [1.54, 1.807) is 60.5 Å². The van der Waals surface area contributed by atoms with Crippen LogP contribution in [0.5, 0.6) is 0 Å². The van der Waals surface area contributed by atoms with Gasteiger partial charge in [0, 0.05) is 47.2 Å². The van der Waals surface area contributed by atoms with E-state index in [9.17, 15) is 18.0 Å². The summed E-state index contributed by atoms with van der Waals surface area (Å²) in [6.45, 7) is 3.59. The molecular formula is C27H19F3N6O. The molecule has 3 heterocycles. The molecule has 0 aliphatic carbocycles. The molecule has 3 aromatic heterocycles. The van der Waals surface area contributed by atoms with Gasteiger partial charge >= 0.3 is 6.18 Å². The highest BCUT2D eigenvalue weighted by Crippen LogP contribution is 2.33. The fourth-order valence-corrected chi connectivity index (χ4v) is 3.67. The number of aryl methyl sites for hydroxylation is 2. The molecule has 0 atom stereocenters. The van der Waals surface area contributed by atoms with Crippen LogP contribution in [0.25, 0.3) is 11.3 Å². The molecule has 0 aliphatic heterocycles. The van der Waals surface area contributed by atoms with Gasteiger partial charge in [0.1, 0.15) is 0 Å². The van der Waals surface area contributed by atoms with Crippen LogP contribution in [0.2, 0.25) is 0 Å². The Morgan fingerprint density at radius 3 is 2.59 bits per heavy atom. The van der Waals surface area contributed by atoms with Gasteiger partial charge in [-0.15, -0.1) is 0 Å². The molecule has 0 fully saturated rings. The van der Waals surface area contributed by atoms with E-state index < -0.39 is 17.6 Å². The highest BCUT2D eigenvalue weighted by Gasteiger charge is 2.31. The Bertz CT molecular complexity index is 1700. The zero-order valence-corrected chi connectivity index (χ0v) is 19.7. The van der Waals surface area contributed by atoms with Crippen molar-refractivity contribution in [2.24, 2.45) is 0 Å². The highest BCUT2D eigenvalue weighted by molar-refractivity contribution is 6.04. The number of aromatic nitrogens is 5. The van der Waals surface area contributed by atoms with Crippen LogP contribution < -0.4 is 5.32 Å². The summed E-state index contributed by atoms with van der Waals surface area (Å²) in [5.41, 5.74) is 3.03. The van der Waals surface area contributed by atoms with Crippen LogP contribution in [0.3, 0.4) is 0 Å². The molecule has 0 saturated carbocycles. The average Bonchev–Trinajstić information content (AvgIpc) is 3.51. The summed E-state index contributed by atoms with van der Waals surface area (Å²) < 4.78 is 43.7. The van der Waals surface area contributed by atoms with Crippen LogP contribution in [0.15, 0.2) is 73.6 Å². The van der Waals surface area contributed by atoms with E-state index in [1.165, 1.54) is 17.0 Å². The first kappa shape index (κ1) is 23.8. The molecule has 0 saturated heterocycles. The molecule has 0 spiro atoms. The lowest BCUT2D eigenvalue weighted by Gasteiger charge is -2.14. The van der Waals surface area contributed by atoms with Crippen molar-refractivity contribution in [2.45, 2.75) is 20.0 Å². The predicted molar refractivity (Wildman–Crippen MR) is 131 cm³/mol. The Labute approximate surface area is 209 Å². The van der Waals surface area contributed by atoms with Crippen molar-refractivity contribution in [2.75, 3.05) is 5.32 Å². The van der Waals surface area contributed by atoms with E-state index in [4.69, 9.17) is 0 Å². The second-order valence-corrected chi connectivity index (χ2v) is 8.40. The zero-order valence-electron chi connectivity index (χ0n) is 19.7. The SMILES string of the molecule is Cc1cn(-c2cc(NC(=O)c3ccc(C)c(C#Cc4cnc5ccnn5c4)c3)cc(C(F)(F)F)c2)cn1. The second-order valence-electron chi connectivity index (χ2n) is 8.40. The molecule has 7 nitrogen and oxygen atoms in total. The normalized spacial score (nSPS) is 11.3. The maximum absolute atomic E-state index is 13.6. The maximum Gasteiger partial charge on any atom is 0.416 e. The van der Waals surface area contributed by atoms with E-state index in [2.05, 4.69) is 32.2 Å². The number of carbonyl (C=O) groups excluding carboxylic acids is 1. The van der Waals surface area contributed by atoms with Gasteiger partial charge in [0.25, 0.3) is 5.91 Å². The number of imidazole rings is 1. The number of anilines is 1. The van der Waals surface area contributed by atoms with Crippen molar-refractivity contribution < 1.29 is 18.0 Å². The van der Waals surface area contributed by atoms with Crippen molar-refractivity contribution in [3.05, 3.63) is 107 Å². The molecular weight excluding hydrogens is 481 g/mol. The summed E-state index contributed by atoms with van der Waals surface area (Å²) in [7, 11) is 0. The molecule has 5 rings (SSSR count). The van der Waals surface area contributed by atoms with Crippen LogP contribution >= 0.6 is 0 Å². The molecule has 0 unspecified atom stereocenters. The molecule has 1 amide bonds. The topological polar surface area (TPSA) is 77.1 Å². The lowest BCUT2D eigenvalue weighted by molar-refractivity contribution is -0.137. The van der Waals surface area contributed by atoms with Crippen LogP contribution in [0.1, 0.15) is 38.3 Å². The van der Waals surface area contributed by atoms with Gasteiger partial charge < -0.3 is 9.88 Å². The zero-order chi connectivity index (χ0) is 26.2. The summed E-state index contributed by atoms with van der Waals surface area (Å²) in [4.78, 5) is 21.3. The number of benzene rings is 2. The molecule has 5 aromatic rings. The van der Waals surface area contributed by atoms with Gasteiger partial charge in [-0.05, 0) is 49.7 Å². The average molecular weight is 500 g/mol. The fourth-order valence-electron chi connectivity index (χ4n) is 3.67. The second kappa shape index (κ2) is 9.28. The van der Waals surface area contributed by atoms with Crippen LogP contribution in [0.4, 0.5) is 18.9 Å². The van der Waals surface area contributed by atoms with Crippen molar-refractivity contribution >= 4 is 17.2 Å². The van der Waals surface area contributed by atoms with E-state index in [0.29, 0.717) is 22.5 Å². The number of nitrogens with zero attached hydrogens (tertiary/aromatic N) is 5. The quantitative estimate of drug-likeness (QED) is 0.346. The number of alkyl halides is 3. The van der Waals surface area contributed by atoms with Gasteiger partial charge in [-0.3, -0.25) is 4.79 Å². The predicted octanol–water partition coefficient (Wildman–Crippen LogP) is 5.20. The third-order valence-electron chi connectivity index (χ3n) is 5.60. The molecule has 37 heavy (non-hydrogen) atoms. The van der Waals surface area contributed by atoms with E-state index in [-0.39, 0.29) is 16.9 Å². The van der Waals surface area contributed by atoms with Crippen LogP contribution in [-0.4, -0.2) is 30.1 Å². The van der Waals surface area contributed by atoms with Crippen molar-refractivity contribution in [1.82, 2.24) is 24.1 Å². The Morgan fingerprint density at radius 1 is 1.00 bits per heavy atom. The van der Waals surface area contributed by atoms with Crippen LogP contribution in [0, 0.1) is 25.7 Å². The number of nitrogens with one attached hydrogen (secondary N) is 1. The minimum atomic E-state index is -4.59. The third kappa shape index (κ3) is 5.21. The van der Waals surface area contributed by atoms with Gasteiger partial charge in [-0.25, -0.2) is 14.5 Å². The Morgan fingerprint density at radius 2 is 1.84 bits per heavy atom. The first-order valence-electron chi connectivity index (χ1n) is 11.1. The number of rotatable bonds is 3. The minimum absolute atomic E-state index is 0.00740. The summed E-state index contributed by atoms with van der Waals surface area (Å²) in [6.07, 6.45) is 3.44. The smallest absolute Gasteiger partial charge is 0.322 e. The Kier molecular flexibility index (Phi) is 5.97. The minimum Gasteiger partial charge on any atom is -0.322 e. The highest BCUT2D eigenvalue weighted by atomic mass is 19.4. The van der Waals surface area contributed by atoms with Crippen molar-refractivity contribution in [3.63, 3.8) is 0 Å². The lowest BCUT2D eigenvalue weighted by Crippen LogP contribution is -2.14. The number of amides is 1. The first-order valence-corrected chi connectivity index (χ1v) is 11.1. The first-order chi connectivity index (χ1) is 17.7. The Balaban J connectivity index is 1.43. The third-order valence-corrected chi connectivity index (χ3v) is 5.60. The Hall–Kier alpha value is -4.91. The standard InChI is InChI=1S/C27H19F3N6O/c1-17-3-5-21(9-20(17)6-4-19-13-31-25-7-8-33-36(25)15-19)26(37)34-23-10-22(27(28,29)30)11-24(12-23)35-14-18(2)32-16-35/h3,5,7-16H,1-2H3,(H,34,37). The van der Waals surface area contributed by atoms with Gasteiger partial charge in [0.05, 0.1) is 29.3 Å². The molecule has 0 radical (unpaired) electrons. The summed E-state index contributed by atoms with van der Waals surface area (Å²) in [5, 5.41) is 6.72. The largest absolute Gasteiger partial charge is 0.416 e. The molecule has 184 valence electrons. The van der Waals surface area contributed by atoms with Gasteiger partial charge in [0.2, 0.25) is 0 Å². The number of hydrogen-bond donors (Lipinski definition) is 1. The number of halogens is 3. The van der Waals surface area contributed by atoms with Crippen molar-refractivity contribution in [3.8, 4) is 17.5 Å². The van der Waals surface area contributed by atoms with Gasteiger partial charge in [-0.2, -0.15) is 18.3 Å². The summed E-state index contributed by atoms with van der Waals surface area (Å²) >= 11 is 0. The number of hydrogen-bond acceptors (Lipinski definition) is 4. The molecule has 10 heteroatoms. The molecule has 0 bridgehead atoms. The van der Waals surface area contributed by atoms with E-state index in [0.717, 1.165) is 17.7 Å². The van der Waals surface area contributed by atoms with Crippen molar-refractivity contribution in [1.29, 1.82) is 0 Å². The van der Waals surface area contributed by atoms with E-state index >= 15 is 0 Å². The molecule has 1 N–H and O–H groups in total. The van der Waals surface area contributed by atoms with Gasteiger partial charge in [-0.1, -0.05) is 17.9 Å². The maximum atomic E-state index is 13.6. The van der Waals surface area contributed by atoms with Gasteiger partial charge in [0.15, 0.2) is 5.65 Å². The molecule has 2 aromatic carbocycles. The monoisotopic (exact) mass is 500 g/mol. The lowest BCUT2D eigenvalue weighted by atomic mass is 10.0. The van der Waals surface area contributed by atoms with E-state index in [1.807, 2.05) is 6.92 Å². The fraction of sp³-hybridized carbons (Fsp3) is 0.111. The summed E-state index contributed by atoms with van der Waals surface area (Å²) in [6, 6.07) is 10.1. The number of fused-ring (bicyclic) bond motifs is 1.